The number of halogens is 2. The number of hydrogen-bond donors (Lipinski definition) is 2. The number of anilines is 1. The smallest absolute Gasteiger partial charge is 0.387 e. The van der Waals surface area contributed by atoms with Crippen LogP contribution in [0.15, 0.2) is 60.7 Å². The summed E-state index contributed by atoms with van der Waals surface area (Å²) in [5.74, 6) is -0.216. The van der Waals surface area contributed by atoms with Crippen LogP contribution < -0.4 is 15.4 Å². The summed E-state index contributed by atoms with van der Waals surface area (Å²) in [4.78, 5) is 23.7. The fourth-order valence-corrected chi connectivity index (χ4v) is 3.70. The van der Waals surface area contributed by atoms with Crippen LogP contribution in [0.1, 0.15) is 22.3 Å². The van der Waals surface area contributed by atoms with E-state index in [-0.39, 0.29) is 24.2 Å². The molecule has 0 bridgehead atoms. The first kappa shape index (κ1) is 24.7. The number of hydrogen-bond acceptors (Lipinski definition) is 4. The number of amides is 2. The summed E-state index contributed by atoms with van der Waals surface area (Å²) < 4.78 is 34.9. The molecular weight excluding hydrogens is 442 g/mol. The van der Waals surface area contributed by atoms with E-state index in [1.54, 1.807) is 30.3 Å². The molecule has 0 unspecified atom stereocenters. The highest BCUT2D eigenvalue weighted by Gasteiger charge is 2.15. The number of rotatable bonds is 8. The number of nitrogens with one attached hydrogen (secondary N) is 2. The summed E-state index contributed by atoms with van der Waals surface area (Å²) in [5.41, 5.74) is 5.23. The lowest BCUT2D eigenvalue weighted by atomic mass is 9.94. The number of aryl methyl sites for hydroxylation is 2. The maximum Gasteiger partial charge on any atom is 0.387 e. The van der Waals surface area contributed by atoms with Crippen LogP contribution in [0.2, 0.25) is 0 Å². The fourth-order valence-electron chi connectivity index (χ4n) is 3.70. The van der Waals surface area contributed by atoms with Crippen LogP contribution in [-0.2, 0) is 22.5 Å². The second-order valence-electron chi connectivity index (χ2n) is 7.74. The lowest BCUT2D eigenvalue weighted by Crippen LogP contribution is -2.28. The van der Waals surface area contributed by atoms with E-state index >= 15 is 0 Å². The van der Waals surface area contributed by atoms with Crippen molar-refractivity contribution in [2.45, 2.75) is 33.4 Å². The molecule has 0 saturated carbocycles. The number of para-hydroxylation sites is 1. The molecule has 178 valence electrons. The molecule has 0 aliphatic rings. The standard InChI is InChI=1S/C26H26F2N2O4/c1-16-12-20(13-17(2)24(16)21-6-4-5-7-22(21)34-25(27)28)30-26(32)29-15-19-10-8-18(9-11-19)14-23(31)33-3/h4-13,25H,14-15H2,1-3H3,(H2,29,30,32). The predicted octanol–water partition coefficient (Wildman–Crippen LogP) is 5.61. The maximum atomic E-state index is 12.8. The number of carbonyl (C=O) groups is 2. The molecule has 0 heterocycles. The lowest BCUT2D eigenvalue weighted by molar-refractivity contribution is -0.139. The van der Waals surface area contributed by atoms with E-state index in [1.165, 1.54) is 13.2 Å². The summed E-state index contributed by atoms with van der Waals surface area (Å²) in [7, 11) is 1.34. The van der Waals surface area contributed by atoms with Gasteiger partial charge in [-0.1, -0.05) is 42.5 Å². The first-order valence-electron chi connectivity index (χ1n) is 10.6. The topological polar surface area (TPSA) is 76.7 Å². The van der Waals surface area contributed by atoms with Gasteiger partial charge in [0.1, 0.15) is 5.75 Å². The average Bonchev–Trinajstić information content (AvgIpc) is 2.79. The van der Waals surface area contributed by atoms with Crippen molar-refractivity contribution in [3.05, 3.63) is 82.9 Å². The Morgan fingerprint density at radius 1 is 0.941 bits per heavy atom. The molecular formula is C26H26F2N2O4. The molecule has 0 spiro atoms. The molecule has 0 aromatic heterocycles. The number of ether oxygens (including phenoxy) is 2. The highest BCUT2D eigenvalue weighted by atomic mass is 19.3. The average molecular weight is 469 g/mol. The number of carbonyl (C=O) groups excluding carboxylic acids is 2. The van der Waals surface area contributed by atoms with Gasteiger partial charge < -0.3 is 20.1 Å². The Balaban J connectivity index is 1.66. The fraction of sp³-hybridized carbons (Fsp3) is 0.231. The number of esters is 1. The summed E-state index contributed by atoms with van der Waals surface area (Å²) >= 11 is 0. The van der Waals surface area contributed by atoms with Crippen molar-refractivity contribution in [1.29, 1.82) is 0 Å². The summed E-state index contributed by atoms with van der Waals surface area (Å²) in [5, 5.41) is 5.59. The van der Waals surface area contributed by atoms with Crippen LogP contribution in [0.4, 0.5) is 19.3 Å². The Kier molecular flexibility index (Phi) is 8.19. The second kappa shape index (κ2) is 11.3. The Labute approximate surface area is 196 Å². The minimum Gasteiger partial charge on any atom is -0.469 e. The Morgan fingerprint density at radius 2 is 1.56 bits per heavy atom. The van der Waals surface area contributed by atoms with Gasteiger partial charge in [0.25, 0.3) is 0 Å². The first-order valence-corrected chi connectivity index (χ1v) is 10.6. The quantitative estimate of drug-likeness (QED) is 0.422. The summed E-state index contributed by atoms with van der Waals surface area (Å²) in [6.45, 7) is 1.08. The number of benzene rings is 3. The van der Waals surface area contributed by atoms with Crippen LogP contribution in [-0.4, -0.2) is 25.7 Å². The largest absolute Gasteiger partial charge is 0.469 e. The van der Waals surface area contributed by atoms with E-state index in [0.29, 0.717) is 17.8 Å². The zero-order valence-electron chi connectivity index (χ0n) is 19.2. The third-order valence-corrected chi connectivity index (χ3v) is 5.22. The molecule has 3 aromatic rings. The van der Waals surface area contributed by atoms with Crippen molar-refractivity contribution >= 4 is 17.7 Å². The zero-order chi connectivity index (χ0) is 24.7. The van der Waals surface area contributed by atoms with Gasteiger partial charge in [0, 0.05) is 17.8 Å². The van der Waals surface area contributed by atoms with Crippen molar-refractivity contribution in [2.24, 2.45) is 0 Å². The van der Waals surface area contributed by atoms with Gasteiger partial charge in [0.05, 0.1) is 13.5 Å². The molecule has 2 amide bonds. The molecule has 2 N–H and O–H groups in total. The van der Waals surface area contributed by atoms with E-state index in [9.17, 15) is 18.4 Å². The van der Waals surface area contributed by atoms with Crippen molar-refractivity contribution in [3.63, 3.8) is 0 Å². The van der Waals surface area contributed by atoms with Crippen molar-refractivity contribution < 1.29 is 27.8 Å². The number of urea groups is 1. The minimum atomic E-state index is -2.92. The van der Waals surface area contributed by atoms with E-state index in [1.807, 2.05) is 38.1 Å². The molecule has 3 aromatic carbocycles. The normalized spacial score (nSPS) is 10.6. The minimum absolute atomic E-state index is 0.0970. The van der Waals surface area contributed by atoms with E-state index in [0.717, 1.165) is 27.8 Å². The van der Waals surface area contributed by atoms with Crippen molar-refractivity contribution in [3.8, 4) is 16.9 Å². The molecule has 3 rings (SSSR count). The molecule has 0 atom stereocenters. The Hall–Kier alpha value is -3.94. The van der Waals surface area contributed by atoms with E-state index in [4.69, 9.17) is 0 Å². The predicted molar refractivity (Wildman–Crippen MR) is 126 cm³/mol. The third-order valence-electron chi connectivity index (χ3n) is 5.22. The molecule has 8 heteroatoms. The number of methoxy groups -OCH3 is 1. The van der Waals surface area contributed by atoms with Crippen molar-refractivity contribution in [1.82, 2.24) is 5.32 Å². The summed E-state index contributed by atoms with van der Waals surface area (Å²) in [6.07, 6.45) is 0.193. The van der Waals surface area contributed by atoms with Gasteiger partial charge in [-0.2, -0.15) is 8.78 Å². The monoisotopic (exact) mass is 468 g/mol. The van der Waals surface area contributed by atoms with Gasteiger partial charge in [0.2, 0.25) is 0 Å². The second-order valence-corrected chi connectivity index (χ2v) is 7.74. The number of alkyl halides is 2. The molecule has 6 nitrogen and oxygen atoms in total. The van der Waals surface area contributed by atoms with Crippen LogP contribution in [0, 0.1) is 13.8 Å². The SMILES string of the molecule is COC(=O)Cc1ccc(CNC(=O)Nc2cc(C)c(-c3ccccc3OC(F)F)c(C)c2)cc1. The molecule has 0 aliphatic carbocycles. The van der Waals surface area contributed by atoms with Gasteiger partial charge in [-0.25, -0.2) is 4.79 Å². The van der Waals surface area contributed by atoms with Gasteiger partial charge in [0.15, 0.2) is 0 Å². The molecule has 0 saturated heterocycles. The Bertz CT molecular complexity index is 1140. The lowest BCUT2D eigenvalue weighted by Gasteiger charge is -2.17. The van der Waals surface area contributed by atoms with Gasteiger partial charge >= 0.3 is 18.6 Å². The van der Waals surface area contributed by atoms with Crippen LogP contribution in [0.5, 0.6) is 5.75 Å². The van der Waals surface area contributed by atoms with Gasteiger partial charge in [-0.05, 0) is 59.9 Å². The molecule has 0 aliphatic heterocycles. The Morgan fingerprint density at radius 3 is 2.18 bits per heavy atom. The van der Waals surface area contributed by atoms with E-state index in [2.05, 4.69) is 20.1 Å². The highest BCUT2D eigenvalue weighted by molar-refractivity contribution is 5.90. The highest BCUT2D eigenvalue weighted by Crippen LogP contribution is 2.36. The van der Waals surface area contributed by atoms with Gasteiger partial charge in [-0.3, -0.25) is 4.79 Å². The van der Waals surface area contributed by atoms with Crippen LogP contribution >= 0.6 is 0 Å². The maximum absolute atomic E-state index is 12.8. The molecule has 34 heavy (non-hydrogen) atoms. The van der Waals surface area contributed by atoms with Crippen molar-refractivity contribution in [2.75, 3.05) is 12.4 Å². The van der Waals surface area contributed by atoms with Crippen LogP contribution in [0.3, 0.4) is 0 Å². The first-order chi connectivity index (χ1) is 16.3. The molecule has 0 fully saturated rings. The van der Waals surface area contributed by atoms with Crippen LogP contribution in [0.25, 0.3) is 11.1 Å². The summed E-state index contributed by atoms with van der Waals surface area (Å²) in [6, 6.07) is 17.1. The third kappa shape index (κ3) is 6.54. The van der Waals surface area contributed by atoms with Gasteiger partial charge in [-0.15, -0.1) is 0 Å². The van der Waals surface area contributed by atoms with E-state index < -0.39 is 6.61 Å². The zero-order valence-corrected chi connectivity index (χ0v) is 19.2. The molecule has 0 radical (unpaired) electrons.